The number of nitrogens with zero attached hydrogens (tertiary/aromatic N) is 1. The Morgan fingerprint density at radius 3 is 2.76 bits per heavy atom. The van der Waals surface area contributed by atoms with Gasteiger partial charge in [0.1, 0.15) is 12.4 Å². The minimum Gasteiger partial charge on any atom is -0.487 e. The van der Waals surface area contributed by atoms with Crippen molar-refractivity contribution in [2.45, 2.75) is 13.2 Å². The molecule has 0 saturated carbocycles. The van der Waals surface area contributed by atoms with Crippen LogP contribution < -0.4 is 10.1 Å². The van der Waals surface area contributed by atoms with E-state index in [4.69, 9.17) is 33.2 Å². The summed E-state index contributed by atoms with van der Waals surface area (Å²) in [6.45, 7) is 0.946. The molecule has 0 aromatic heterocycles. The van der Waals surface area contributed by atoms with Crippen molar-refractivity contribution in [2.24, 2.45) is 0 Å². The van der Waals surface area contributed by atoms with Gasteiger partial charge in [-0.25, -0.2) is 0 Å². The van der Waals surface area contributed by atoms with Crippen LogP contribution in [0.25, 0.3) is 0 Å². The monoisotopic (exact) mass is 320 g/mol. The van der Waals surface area contributed by atoms with Crippen LogP contribution >= 0.6 is 23.2 Å². The quantitative estimate of drug-likeness (QED) is 0.899. The summed E-state index contributed by atoms with van der Waals surface area (Å²) in [6.07, 6.45) is 0. The average Bonchev–Trinajstić information content (AvgIpc) is 2.47. The van der Waals surface area contributed by atoms with Crippen LogP contribution in [0.4, 0.5) is 0 Å². The Kier molecular flexibility index (Phi) is 5.46. The van der Waals surface area contributed by atoms with Crippen LogP contribution in [0.3, 0.4) is 0 Å². The summed E-state index contributed by atoms with van der Waals surface area (Å²) in [5.74, 6) is 0.609. The summed E-state index contributed by atoms with van der Waals surface area (Å²) < 4.78 is 5.82. The van der Waals surface area contributed by atoms with Gasteiger partial charge in [0, 0.05) is 17.1 Å². The molecule has 3 nitrogen and oxygen atoms in total. The number of benzene rings is 2. The average molecular weight is 321 g/mol. The standard InChI is InChI=1S/C16H14Cl2N2O/c1-20-9-13-6-14(17)7-15(18)16(13)21-10-12-4-2-3-11(5-12)8-19/h2-7,20H,9-10H2,1H3. The lowest BCUT2D eigenvalue weighted by Crippen LogP contribution is -2.08. The maximum absolute atomic E-state index is 8.90. The third kappa shape index (κ3) is 4.12. The zero-order valence-corrected chi connectivity index (χ0v) is 13.0. The van der Waals surface area contributed by atoms with Gasteiger partial charge >= 0.3 is 0 Å². The van der Waals surface area contributed by atoms with E-state index in [-0.39, 0.29) is 0 Å². The van der Waals surface area contributed by atoms with Gasteiger partial charge in [-0.15, -0.1) is 0 Å². The first-order valence-corrected chi connectivity index (χ1v) is 7.14. The van der Waals surface area contributed by atoms with Crippen LogP contribution in [0.1, 0.15) is 16.7 Å². The van der Waals surface area contributed by atoms with E-state index in [1.54, 1.807) is 18.2 Å². The second kappa shape index (κ2) is 7.33. The lowest BCUT2D eigenvalue weighted by Gasteiger charge is -2.14. The Balaban J connectivity index is 2.21. The van der Waals surface area contributed by atoms with E-state index >= 15 is 0 Å². The Bertz CT molecular complexity index is 680. The number of halogens is 2. The molecular weight excluding hydrogens is 307 g/mol. The molecule has 21 heavy (non-hydrogen) atoms. The fraction of sp³-hybridized carbons (Fsp3) is 0.188. The molecular formula is C16H14Cl2N2O. The third-order valence-electron chi connectivity index (χ3n) is 2.89. The second-order valence-electron chi connectivity index (χ2n) is 4.51. The van der Waals surface area contributed by atoms with E-state index in [0.717, 1.165) is 11.1 Å². The first-order valence-electron chi connectivity index (χ1n) is 6.38. The summed E-state index contributed by atoms with van der Waals surface area (Å²) in [5.41, 5.74) is 2.41. The molecule has 0 unspecified atom stereocenters. The number of nitriles is 1. The Morgan fingerprint density at radius 1 is 1.24 bits per heavy atom. The molecule has 0 spiro atoms. The van der Waals surface area contributed by atoms with Crippen molar-refractivity contribution in [1.29, 1.82) is 5.26 Å². The van der Waals surface area contributed by atoms with E-state index in [2.05, 4.69) is 11.4 Å². The number of hydrogen-bond acceptors (Lipinski definition) is 3. The summed E-state index contributed by atoms with van der Waals surface area (Å²) >= 11 is 12.2. The summed E-state index contributed by atoms with van der Waals surface area (Å²) in [4.78, 5) is 0. The van der Waals surface area contributed by atoms with E-state index in [0.29, 0.717) is 34.5 Å². The summed E-state index contributed by atoms with van der Waals surface area (Å²) in [7, 11) is 1.84. The van der Waals surface area contributed by atoms with Gasteiger partial charge in [0.2, 0.25) is 0 Å². The maximum atomic E-state index is 8.90. The molecule has 0 bridgehead atoms. The van der Waals surface area contributed by atoms with Gasteiger partial charge in [0.25, 0.3) is 0 Å². The van der Waals surface area contributed by atoms with Gasteiger partial charge in [-0.3, -0.25) is 0 Å². The van der Waals surface area contributed by atoms with Gasteiger partial charge in [0.05, 0.1) is 16.7 Å². The molecule has 0 aliphatic rings. The van der Waals surface area contributed by atoms with Gasteiger partial charge in [-0.1, -0.05) is 35.3 Å². The highest BCUT2D eigenvalue weighted by Crippen LogP contribution is 2.33. The Labute approximate surface area is 134 Å². The van der Waals surface area contributed by atoms with E-state index in [1.807, 2.05) is 25.2 Å². The van der Waals surface area contributed by atoms with Gasteiger partial charge in [-0.2, -0.15) is 5.26 Å². The predicted molar refractivity (Wildman–Crippen MR) is 84.7 cm³/mol. The zero-order valence-electron chi connectivity index (χ0n) is 11.5. The SMILES string of the molecule is CNCc1cc(Cl)cc(Cl)c1OCc1cccc(C#N)c1. The molecule has 0 aliphatic carbocycles. The van der Waals surface area contributed by atoms with Crippen molar-refractivity contribution in [1.82, 2.24) is 5.32 Å². The Hall–Kier alpha value is -1.73. The molecule has 0 aliphatic heterocycles. The Morgan fingerprint density at radius 2 is 2.05 bits per heavy atom. The van der Waals surface area contributed by atoms with Gasteiger partial charge in [0.15, 0.2) is 0 Å². The molecule has 0 radical (unpaired) electrons. The molecule has 0 atom stereocenters. The minimum atomic E-state index is 0.341. The van der Waals surface area contributed by atoms with E-state index in [1.165, 1.54) is 0 Å². The van der Waals surface area contributed by atoms with E-state index in [9.17, 15) is 0 Å². The smallest absolute Gasteiger partial charge is 0.142 e. The van der Waals surface area contributed by atoms with Crippen molar-refractivity contribution in [2.75, 3.05) is 7.05 Å². The zero-order chi connectivity index (χ0) is 15.2. The van der Waals surface area contributed by atoms with E-state index < -0.39 is 0 Å². The highest BCUT2D eigenvalue weighted by Gasteiger charge is 2.10. The van der Waals surface area contributed by atoms with Crippen molar-refractivity contribution in [3.8, 4) is 11.8 Å². The van der Waals surface area contributed by atoms with Crippen molar-refractivity contribution in [3.63, 3.8) is 0 Å². The molecule has 108 valence electrons. The van der Waals surface area contributed by atoms with Crippen LogP contribution in [0.5, 0.6) is 5.75 Å². The maximum Gasteiger partial charge on any atom is 0.142 e. The number of nitrogens with one attached hydrogen (secondary N) is 1. The molecule has 0 fully saturated rings. The van der Waals surface area contributed by atoms with Crippen molar-refractivity contribution in [3.05, 3.63) is 63.1 Å². The summed E-state index contributed by atoms with van der Waals surface area (Å²) in [5, 5.41) is 13.0. The topological polar surface area (TPSA) is 45.0 Å². The second-order valence-corrected chi connectivity index (χ2v) is 5.35. The van der Waals surface area contributed by atoms with Crippen molar-refractivity contribution < 1.29 is 4.74 Å². The normalized spacial score (nSPS) is 10.2. The largest absolute Gasteiger partial charge is 0.487 e. The number of rotatable bonds is 5. The minimum absolute atomic E-state index is 0.341. The molecule has 2 aromatic rings. The molecule has 0 amide bonds. The lowest BCUT2D eigenvalue weighted by atomic mass is 10.1. The molecule has 1 N–H and O–H groups in total. The van der Waals surface area contributed by atoms with Gasteiger partial charge in [-0.05, 0) is 36.9 Å². The number of ether oxygens (including phenoxy) is 1. The molecule has 2 rings (SSSR count). The molecule has 0 saturated heterocycles. The molecule has 0 heterocycles. The van der Waals surface area contributed by atoms with Crippen molar-refractivity contribution >= 4 is 23.2 Å². The van der Waals surface area contributed by atoms with Crippen LogP contribution in [0, 0.1) is 11.3 Å². The van der Waals surface area contributed by atoms with Crippen LogP contribution in [-0.4, -0.2) is 7.05 Å². The number of hydrogen-bond donors (Lipinski definition) is 1. The van der Waals surface area contributed by atoms with Crippen LogP contribution in [-0.2, 0) is 13.2 Å². The molecule has 2 aromatic carbocycles. The third-order valence-corrected chi connectivity index (χ3v) is 3.39. The highest BCUT2D eigenvalue weighted by molar-refractivity contribution is 6.35. The first kappa shape index (κ1) is 15.7. The first-order chi connectivity index (χ1) is 10.1. The predicted octanol–water partition coefficient (Wildman–Crippen LogP) is 4.16. The van der Waals surface area contributed by atoms with Gasteiger partial charge < -0.3 is 10.1 Å². The van der Waals surface area contributed by atoms with Crippen LogP contribution in [0.2, 0.25) is 10.0 Å². The fourth-order valence-electron chi connectivity index (χ4n) is 1.98. The van der Waals surface area contributed by atoms with Crippen LogP contribution in [0.15, 0.2) is 36.4 Å². The fourth-order valence-corrected chi connectivity index (χ4v) is 2.57. The highest BCUT2D eigenvalue weighted by atomic mass is 35.5. The molecule has 5 heteroatoms. The summed E-state index contributed by atoms with van der Waals surface area (Å²) in [6, 6.07) is 12.9. The lowest BCUT2D eigenvalue weighted by molar-refractivity contribution is 0.302.